The quantitative estimate of drug-likeness (QED) is 0.0211. The van der Waals surface area contributed by atoms with Gasteiger partial charge in [0.25, 0.3) is 6.29 Å². The molecule has 1 N–H and O–H groups in total. The van der Waals surface area contributed by atoms with Crippen molar-refractivity contribution in [2.24, 2.45) is 0 Å². The van der Waals surface area contributed by atoms with E-state index >= 15 is 0 Å². The Morgan fingerprint density at radius 2 is 0.655 bits per heavy atom. The molecular formula is C78H130NO8+. The molecule has 0 aliphatic heterocycles. The first-order chi connectivity index (χ1) is 42.6. The smallest absolute Gasteiger partial charge is 0.361 e. The van der Waals surface area contributed by atoms with E-state index in [4.69, 9.17) is 18.9 Å². The minimum atomic E-state index is -1.52. The molecule has 0 aliphatic carbocycles. The van der Waals surface area contributed by atoms with Gasteiger partial charge in [0.2, 0.25) is 0 Å². The first-order valence-corrected chi connectivity index (χ1v) is 35.0. The molecule has 87 heavy (non-hydrogen) atoms. The number of carboxylic acid groups (broad SMARTS) is 1. The fourth-order valence-electron chi connectivity index (χ4n) is 9.25. The normalized spacial score (nSPS) is 13.6. The standard InChI is InChI=1S/C78H129NO8/c1-6-8-10-12-14-16-18-20-22-24-26-28-30-32-33-34-35-36-37-38-39-40-41-42-43-45-47-49-51-53-55-57-59-61-63-65-67-69-76(81)87-74(73-86-78(77(82)83)84-71-70-79(3,4)5)72-85-75(80)68-66-64-62-60-58-56-54-52-50-48-46-44-31-29-27-25-23-21-19-17-15-13-11-9-7-2/h8,10,14,16,19-22,25-28,31-33,35-36,38-39,41-42,44-45,47,74,78H,6-7,9,11-13,15,17-18,23-24,29-30,34,37,40,43,46,48-73H2,1-5H3/p+1/b10-8-,16-14-,21-19-,22-20-,27-25-,28-26-,33-32-,36-35-,39-38-,42-41-,44-31-,47-45-. The summed E-state index contributed by atoms with van der Waals surface area (Å²) in [5, 5.41) is 9.75. The molecule has 0 saturated heterocycles. The van der Waals surface area contributed by atoms with Crippen LogP contribution in [0, 0.1) is 0 Å². The summed E-state index contributed by atoms with van der Waals surface area (Å²) in [7, 11) is 5.97. The van der Waals surface area contributed by atoms with E-state index in [0.717, 1.165) is 116 Å². The number of unbranched alkanes of at least 4 members (excludes halogenated alkanes) is 24. The van der Waals surface area contributed by atoms with E-state index in [1.165, 1.54) is 122 Å². The molecule has 0 fully saturated rings. The highest BCUT2D eigenvalue weighted by Crippen LogP contribution is 2.16. The molecule has 0 aromatic rings. The number of nitrogens with zero attached hydrogens (tertiary/aromatic N) is 1. The Morgan fingerprint density at radius 1 is 0.356 bits per heavy atom. The summed E-state index contributed by atoms with van der Waals surface area (Å²) < 4.78 is 23.0. The third-order valence-corrected chi connectivity index (χ3v) is 14.6. The van der Waals surface area contributed by atoms with Crippen molar-refractivity contribution in [1.82, 2.24) is 0 Å². The summed E-state index contributed by atoms with van der Waals surface area (Å²) in [4.78, 5) is 37.6. The number of hydrogen-bond acceptors (Lipinski definition) is 7. The Hall–Kier alpha value is -4.83. The fourth-order valence-corrected chi connectivity index (χ4v) is 9.25. The maximum atomic E-state index is 12.9. The van der Waals surface area contributed by atoms with Crippen LogP contribution in [-0.4, -0.2) is 87.4 Å². The van der Waals surface area contributed by atoms with Crippen LogP contribution in [0.4, 0.5) is 0 Å². The van der Waals surface area contributed by atoms with Gasteiger partial charge in [0.15, 0.2) is 6.10 Å². The number of allylic oxidation sites excluding steroid dienone is 24. The zero-order valence-corrected chi connectivity index (χ0v) is 56.4. The monoisotopic (exact) mass is 1210 g/mol. The number of aliphatic carboxylic acids is 1. The molecule has 0 spiro atoms. The summed E-state index contributed by atoms with van der Waals surface area (Å²) >= 11 is 0. The molecule has 2 atom stereocenters. The molecule has 2 unspecified atom stereocenters. The largest absolute Gasteiger partial charge is 0.477 e. The van der Waals surface area contributed by atoms with E-state index in [1.54, 1.807) is 0 Å². The number of carbonyl (C=O) groups excluding carboxylic acids is 2. The molecule has 9 heteroatoms. The first kappa shape index (κ1) is 82.2. The van der Waals surface area contributed by atoms with Crippen molar-refractivity contribution in [3.8, 4) is 0 Å². The number of quaternary nitrogens is 1. The van der Waals surface area contributed by atoms with Gasteiger partial charge >= 0.3 is 17.9 Å². The number of hydrogen-bond donors (Lipinski definition) is 1. The van der Waals surface area contributed by atoms with Crippen LogP contribution in [0.15, 0.2) is 146 Å². The van der Waals surface area contributed by atoms with E-state index in [0.29, 0.717) is 17.4 Å². The molecule has 0 aromatic carbocycles. The molecule has 0 radical (unpaired) electrons. The lowest BCUT2D eigenvalue weighted by molar-refractivity contribution is -0.870. The predicted octanol–water partition coefficient (Wildman–Crippen LogP) is 21.9. The van der Waals surface area contributed by atoms with Crippen LogP contribution in [0.2, 0.25) is 0 Å². The van der Waals surface area contributed by atoms with Crippen molar-refractivity contribution in [2.45, 2.75) is 283 Å². The predicted molar refractivity (Wildman–Crippen MR) is 373 cm³/mol. The minimum absolute atomic E-state index is 0.179. The second-order valence-corrected chi connectivity index (χ2v) is 24.1. The van der Waals surface area contributed by atoms with Crippen molar-refractivity contribution in [3.63, 3.8) is 0 Å². The Balaban J connectivity index is 4.20. The number of likely N-dealkylation sites (N-methyl/N-ethyl adjacent to an activating group) is 1. The van der Waals surface area contributed by atoms with Gasteiger partial charge in [-0.25, -0.2) is 4.79 Å². The summed E-state index contributed by atoms with van der Waals surface area (Å²) in [5.41, 5.74) is 0. The third-order valence-electron chi connectivity index (χ3n) is 14.6. The Morgan fingerprint density at radius 3 is 0.977 bits per heavy atom. The number of esters is 2. The van der Waals surface area contributed by atoms with Crippen molar-refractivity contribution >= 4 is 17.9 Å². The van der Waals surface area contributed by atoms with Crippen molar-refractivity contribution in [2.75, 3.05) is 47.5 Å². The van der Waals surface area contributed by atoms with E-state index in [9.17, 15) is 19.5 Å². The molecule has 0 bridgehead atoms. The molecule has 0 aromatic heterocycles. The SMILES string of the molecule is CC/C=C\C/C=C\C/C=C\C/C=C\C/C=C\C/C=C\C/C=C\C/C=C\C/C=C\CCCCCCCCCCCC(=O)OC(COC(=O)CCCCCCCCCCCC/C=C\C/C=C\C/C=C\CCCCCCC)COC(OCC[N+](C)(C)C)C(=O)O. The average molecular weight is 1210 g/mol. The second-order valence-electron chi connectivity index (χ2n) is 24.1. The van der Waals surface area contributed by atoms with Crippen molar-refractivity contribution in [3.05, 3.63) is 146 Å². The van der Waals surface area contributed by atoms with Gasteiger partial charge < -0.3 is 28.5 Å². The van der Waals surface area contributed by atoms with Crippen LogP contribution < -0.4 is 0 Å². The van der Waals surface area contributed by atoms with E-state index in [2.05, 4.69) is 160 Å². The summed E-state index contributed by atoms with van der Waals surface area (Å²) in [6.07, 6.45) is 95.2. The van der Waals surface area contributed by atoms with Crippen molar-refractivity contribution < 1.29 is 42.9 Å². The lowest BCUT2D eigenvalue weighted by Crippen LogP contribution is -2.40. The van der Waals surface area contributed by atoms with Crippen molar-refractivity contribution in [1.29, 1.82) is 0 Å². The Bertz CT molecular complexity index is 1940. The van der Waals surface area contributed by atoms with Gasteiger partial charge in [-0.15, -0.1) is 0 Å². The molecule has 494 valence electrons. The molecule has 0 rings (SSSR count). The minimum Gasteiger partial charge on any atom is -0.477 e. The zero-order chi connectivity index (χ0) is 63.3. The first-order valence-electron chi connectivity index (χ1n) is 35.0. The lowest BCUT2D eigenvalue weighted by Gasteiger charge is -2.25. The van der Waals surface area contributed by atoms with Crippen LogP contribution >= 0.6 is 0 Å². The molecule has 0 heterocycles. The lowest BCUT2D eigenvalue weighted by atomic mass is 10.0. The molecule has 0 saturated carbocycles. The highest BCUT2D eigenvalue weighted by Gasteiger charge is 2.25. The molecule has 9 nitrogen and oxygen atoms in total. The Labute approximate surface area is 534 Å². The number of carbonyl (C=O) groups is 3. The topological polar surface area (TPSA) is 108 Å². The summed E-state index contributed by atoms with van der Waals surface area (Å²) in [5.74, 6) is -2.03. The molecule has 0 amide bonds. The molecular weight excluding hydrogens is 1080 g/mol. The van der Waals surface area contributed by atoms with Gasteiger partial charge in [-0.2, -0.15) is 0 Å². The van der Waals surface area contributed by atoms with Gasteiger partial charge in [0.05, 0.1) is 34.4 Å². The van der Waals surface area contributed by atoms with Gasteiger partial charge in [0.1, 0.15) is 13.2 Å². The van der Waals surface area contributed by atoms with E-state index < -0.39 is 24.3 Å². The van der Waals surface area contributed by atoms with Crippen LogP contribution in [0.3, 0.4) is 0 Å². The van der Waals surface area contributed by atoms with Crippen LogP contribution in [0.25, 0.3) is 0 Å². The Kier molecular flexibility index (Phi) is 63.4. The van der Waals surface area contributed by atoms with E-state index in [1.807, 2.05) is 21.1 Å². The number of rotatable bonds is 63. The van der Waals surface area contributed by atoms with Crippen LogP contribution in [-0.2, 0) is 33.3 Å². The van der Waals surface area contributed by atoms with Crippen LogP contribution in [0.5, 0.6) is 0 Å². The third kappa shape index (κ3) is 68.5. The van der Waals surface area contributed by atoms with Gasteiger partial charge in [-0.1, -0.05) is 282 Å². The highest BCUT2D eigenvalue weighted by atomic mass is 16.7. The van der Waals surface area contributed by atoms with Crippen LogP contribution in [0.1, 0.15) is 271 Å². The summed E-state index contributed by atoms with van der Waals surface area (Å²) in [6.45, 7) is 4.74. The second kappa shape index (κ2) is 67.1. The number of carboxylic acids is 1. The number of ether oxygens (including phenoxy) is 4. The molecule has 0 aliphatic rings. The van der Waals surface area contributed by atoms with Gasteiger partial charge in [-0.05, 0) is 122 Å². The van der Waals surface area contributed by atoms with E-state index in [-0.39, 0.29) is 38.6 Å². The maximum absolute atomic E-state index is 12.9. The van der Waals surface area contributed by atoms with Gasteiger partial charge in [-0.3, -0.25) is 9.59 Å². The summed E-state index contributed by atoms with van der Waals surface area (Å²) in [6, 6.07) is 0. The highest BCUT2D eigenvalue weighted by molar-refractivity contribution is 5.71. The zero-order valence-electron chi connectivity index (χ0n) is 56.4. The maximum Gasteiger partial charge on any atom is 0.361 e. The van der Waals surface area contributed by atoms with Gasteiger partial charge in [0, 0.05) is 12.8 Å². The fraction of sp³-hybridized carbons (Fsp3) is 0.654. The average Bonchev–Trinajstić information content (AvgIpc) is 3.57.